The maximum atomic E-state index is 12.5. The number of methoxy groups -OCH3 is 1. The molecule has 1 aromatic rings. The maximum Gasteiger partial charge on any atom is 0.291 e. The zero-order chi connectivity index (χ0) is 15.4. The van der Waals surface area contributed by atoms with Crippen molar-refractivity contribution in [1.29, 1.82) is 0 Å². The highest BCUT2D eigenvalue weighted by atomic mass is 35.5. The van der Waals surface area contributed by atoms with Crippen LogP contribution >= 0.6 is 11.6 Å². The summed E-state index contributed by atoms with van der Waals surface area (Å²) in [6, 6.07) is 0.0414. The lowest BCUT2D eigenvalue weighted by molar-refractivity contribution is 0.171. The van der Waals surface area contributed by atoms with Crippen molar-refractivity contribution in [2.75, 3.05) is 19.0 Å². The fourth-order valence-electron chi connectivity index (χ4n) is 2.41. The van der Waals surface area contributed by atoms with Gasteiger partial charge in [-0.1, -0.05) is 31.9 Å². The summed E-state index contributed by atoms with van der Waals surface area (Å²) in [5.74, 6) is 0.901. The molecule has 1 unspecified atom stereocenters. The Hall–Kier alpha value is -1.07. The third-order valence-electron chi connectivity index (χ3n) is 4.13. The molecule has 0 radical (unpaired) electrons. The normalized spacial score (nSPS) is 16.8. The molecule has 1 aromatic heterocycles. The van der Waals surface area contributed by atoms with Crippen molar-refractivity contribution in [3.8, 4) is 0 Å². The number of anilines is 1. The van der Waals surface area contributed by atoms with Crippen LogP contribution in [0, 0.1) is 11.8 Å². The minimum atomic E-state index is -0.142. The summed E-state index contributed by atoms with van der Waals surface area (Å²) < 4.78 is 6.74. The fourth-order valence-corrected chi connectivity index (χ4v) is 2.59. The van der Waals surface area contributed by atoms with Gasteiger partial charge in [0.25, 0.3) is 5.56 Å². The van der Waals surface area contributed by atoms with E-state index in [1.165, 1.54) is 23.9 Å². The Labute approximate surface area is 130 Å². The number of nitrogens with zero attached hydrogens (tertiary/aromatic N) is 2. The molecule has 1 aliphatic rings. The highest BCUT2D eigenvalue weighted by Crippen LogP contribution is 2.27. The van der Waals surface area contributed by atoms with Gasteiger partial charge in [-0.2, -0.15) is 5.10 Å². The van der Waals surface area contributed by atoms with Gasteiger partial charge in [-0.05, 0) is 24.7 Å². The number of aromatic nitrogens is 2. The first-order chi connectivity index (χ1) is 10.0. The molecular weight excluding hydrogens is 290 g/mol. The van der Waals surface area contributed by atoms with E-state index in [4.69, 9.17) is 16.3 Å². The Morgan fingerprint density at radius 2 is 2.24 bits per heavy atom. The van der Waals surface area contributed by atoms with E-state index < -0.39 is 0 Å². The van der Waals surface area contributed by atoms with E-state index in [2.05, 4.69) is 24.3 Å². The number of hydrogen-bond acceptors (Lipinski definition) is 4. The van der Waals surface area contributed by atoms with Crippen molar-refractivity contribution in [3.63, 3.8) is 0 Å². The first-order valence-corrected chi connectivity index (χ1v) is 7.91. The number of halogens is 1. The van der Waals surface area contributed by atoms with Gasteiger partial charge in [0.05, 0.1) is 23.9 Å². The Morgan fingerprint density at radius 1 is 1.52 bits per heavy atom. The zero-order valence-electron chi connectivity index (χ0n) is 12.9. The SMILES string of the molecule is COCC(Nc1c(Cl)cnn(CC2CCC2)c1=O)C(C)C. The van der Waals surface area contributed by atoms with Crippen LogP contribution in [0.15, 0.2) is 11.0 Å². The summed E-state index contributed by atoms with van der Waals surface area (Å²) in [6.07, 6.45) is 5.16. The van der Waals surface area contributed by atoms with Crippen LogP contribution in [0.3, 0.4) is 0 Å². The first-order valence-electron chi connectivity index (χ1n) is 7.54. The lowest BCUT2D eigenvalue weighted by atomic mass is 9.85. The van der Waals surface area contributed by atoms with E-state index in [0.717, 1.165) is 0 Å². The van der Waals surface area contributed by atoms with Gasteiger partial charge >= 0.3 is 0 Å². The van der Waals surface area contributed by atoms with Gasteiger partial charge in [0.2, 0.25) is 0 Å². The highest BCUT2D eigenvalue weighted by molar-refractivity contribution is 6.33. The van der Waals surface area contributed by atoms with E-state index in [1.807, 2.05) is 0 Å². The Balaban J connectivity index is 2.20. The molecule has 21 heavy (non-hydrogen) atoms. The second-order valence-electron chi connectivity index (χ2n) is 6.10. The number of rotatable bonds is 7. The van der Waals surface area contributed by atoms with Crippen LogP contribution in [-0.4, -0.2) is 29.5 Å². The van der Waals surface area contributed by atoms with Gasteiger partial charge in [0.15, 0.2) is 0 Å². The molecule has 6 heteroatoms. The molecule has 1 atom stereocenters. The first kappa shape index (κ1) is 16.3. The molecule has 2 rings (SSSR count). The second kappa shape index (κ2) is 7.27. The summed E-state index contributed by atoms with van der Waals surface area (Å²) in [5.41, 5.74) is 0.290. The van der Waals surface area contributed by atoms with Crippen LogP contribution in [0.25, 0.3) is 0 Å². The molecule has 0 saturated heterocycles. The van der Waals surface area contributed by atoms with E-state index >= 15 is 0 Å². The summed E-state index contributed by atoms with van der Waals surface area (Å²) in [4.78, 5) is 12.5. The predicted molar refractivity (Wildman–Crippen MR) is 85.0 cm³/mol. The van der Waals surface area contributed by atoms with Crippen molar-refractivity contribution in [3.05, 3.63) is 21.6 Å². The maximum absolute atomic E-state index is 12.5. The molecule has 0 bridgehead atoms. The van der Waals surface area contributed by atoms with E-state index in [1.54, 1.807) is 13.3 Å². The molecule has 5 nitrogen and oxygen atoms in total. The molecule has 1 saturated carbocycles. The predicted octanol–water partition coefficient (Wildman–Crippen LogP) is 2.78. The molecular formula is C15H24ClN3O2. The summed E-state index contributed by atoms with van der Waals surface area (Å²) in [6.45, 7) is 5.37. The van der Waals surface area contributed by atoms with Gasteiger partial charge in [-0.3, -0.25) is 4.79 Å². The molecule has 118 valence electrons. The van der Waals surface area contributed by atoms with Gasteiger partial charge in [-0.15, -0.1) is 0 Å². The van der Waals surface area contributed by atoms with Crippen molar-refractivity contribution in [1.82, 2.24) is 9.78 Å². The molecule has 1 aliphatic carbocycles. The third-order valence-corrected chi connectivity index (χ3v) is 4.42. The molecule has 0 amide bonds. The fraction of sp³-hybridized carbons (Fsp3) is 0.733. The van der Waals surface area contributed by atoms with Crippen molar-refractivity contribution >= 4 is 17.3 Å². The van der Waals surface area contributed by atoms with Crippen LogP contribution in [0.2, 0.25) is 5.02 Å². The molecule has 1 N–H and O–H groups in total. The molecule has 0 aromatic carbocycles. The topological polar surface area (TPSA) is 56.1 Å². The largest absolute Gasteiger partial charge is 0.383 e. The summed E-state index contributed by atoms with van der Waals surface area (Å²) >= 11 is 6.16. The van der Waals surface area contributed by atoms with Crippen molar-refractivity contribution in [2.45, 2.75) is 45.7 Å². The van der Waals surface area contributed by atoms with E-state index in [9.17, 15) is 4.79 Å². The van der Waals surface area contributed by atoms with Gasteiger partial charge in [0, 0.05) is 13.7 Å². The number of hydrogen-bond donors (Lipinski definition) is 1. The lowest BCUT2D eigenvalue weighted by Crippen LogP contribution is -2.36. The van der Waals surface area contributed by atoms with Gasteiger partial charge in [0.1, 0.15) is 5.69 Å². The Morgan fingerprint density at radius 3 is 2.76 bits per heavy atom. The third kappa shape index (κ3) is 3.98. The minimum absolute atomic E-state index is 0.0414. The van der Waals surface area contributed by atoms with Crippen molar-refractivity contribution in [2.24, 2.45) is 11.8 Å². The molecule has 0 spiro atoms. The monoisotopic (exact) mass is 313 g/mol. The molecule has 1 heterocycles. The lowest BCUT2D eigenvalue weighted by Gasteiger charge is -2.26. The molecule has 0 aliphatic heterocycles. The van der Waals surface area contributed by atoms with Crippen molar-refractivity contribution < 1.29 is 4.74 Å². The zero-order valence-corrected chi connectivity index (χ0v) is 13.7. The quantitative estimate of drug-likeness (QED) is 0.841. The second-order valence-corrected chi connectivity index (χ2v) is 6.51. The molecule has 1 fully saturated rings. The summed E-state index contributed by atoms with van der Waals surface area (Å²) in [7, 11) is 1.65. The van der Waals surface area contributed by atoms with E-state index in [0.29, 0.717) is 35.7 Å². The smallest absolute Gasteiger partial charge is 0.291 e. The van der Waals surface area contributed by atoms with Crippen LogP contribution in [-0.2, 0) is 11.3 Å². The van der Waals surface area contributed by atoms with Crippen LogP contribution in [0.5, 0.6) is 0 Å². The van der Waals surface area contributed by atoms with Crippen LogP contribution in [0.4, 0.5) is 5.69 Å². The Kier molecular flexibility index (Phi) is 5.65. The summed E-state index contributed by atoms with van der Waals surface area (Å²) in [5, 5.41) is 7.76. The minimum Gasteiger partial charge on any atom is -0.383 e. The van der Waals surface area contributed by atoms with Gasteiger partial charge < -0.3 is 10.1 Å². The Bertz CT molecular complexity index is 526. The highest BCUT2D eigenvalue weighted by Gasteiger charge is 2.22. The average Bonchev–Trinajstić information content (AvgIpc) is 2.39. The van der Waals surface area contributed by atoms with Crippen LogP contribution in [0.1, 0.15) is 33.1 Å². The number of nitrogens with one attached hydrogen (secondary N) is 1. The van der Waals surface area contributed by atoms with Gasteiger partial charge in [-0.25, -0.2) is 4.68 Å². The van der Waals surface area contributed by atoms with E-state index in [-0.39, 0.29) is 11.6 Å². The average molecular weight is 314 g/mol. The standard InChI is InChI=1S/C15H24ClN3O2/c1-10(2)13(9-21-3)18-14-12(16)7-17-19(15(14)20)8-11-5-4-6-11/h7,10-11,13,18H,4-6,8-9H2,1-3H3. The number of ether oxygens (including phenoxy) is 1. The van der Waals surface area contributed by atoms with Crippen LogP contribution < -0.4 is 10.9 Å².